The molecule has 0 aromatic heterocycles. The van der Waals surface area contributed by atoms with Gasteiger partial charge in [0.05, 0.1) is 0 Å². The smallest absolute Gasteiger partial charge is 0.225 e. The Morgan fingerprint density at radius 2 is 1.44 bits per heavy atom. The minimum atomic E-state index is -0.443. The van der Waals surface area contributed by atoms with Crippen LogP contribution >= 0.6 is 0 Å². The Balaban J connectivity index is 3.60. The summed E-state index contributed by atoms with van der Waals surface area (Å²) in [5.41, 5.74) is -0.443. The van der Waals surface area contributed by atoms with Gasteiger partial charge < -0.3 is 16.0 Å². The van der Waals surface area contributed by atoms with E-state index in [0.29, 0.717) is 19.6 Å². The van der Waals surface area contributed by atoms with Gasteiger partial charge in [-0.3, -0.25) is 14.4 Å². The number of hydrogen-bond donors (Lipinski definition) is 3. The maximum absolute atomic E-state index is 11.5. The summed E-state index contributed by atoms with van der Waals surface area (Å²) >= 11 is 0. The van der Waals surface area contributed by atoms with Crippen LogP contribution in [0, 0.1) is 5.41 Å². The van der Waals surface area contributed by atoms with Gasteiger partial charge in [-0.2, -0.15) is 0 Å². The van der Waals surface area contributed by atoms with Crippen molar-refractivity contribution in [2.24, 2.45) is 5.41 Å². The number of carbonyl (C=O) groups is 3. The van der Waals surface area contributed by atoms with Crippen molar-refractivity contribution in [3.63, 3.8) is 0 Å². The Kier molecular flexibility index (Phi) is 7.00. The summed E-state index contributed by atoms with van der Waals surface area (Å²) in [6.45, 7) is 7.99. The molecule has 0 aromatic carbocycles. The van der Waals surface area contributed by atoms with Crippen molar-refractivity contribution in [3.05, 3.63) is 0 Å². The molecule has 104 valence electrons. The zero-order valence-corrected chi connectivity index (χ0v) is 11.6. The SMILES string of the molecule is CC(=O)NCCNC(=O)CCNC(=O)C(C)(C)C. The molecular formula is C12H23N3O3. The molecule has 0 bridgehead atoms. The van der Waals surface area contributed by atoms with Gasteiger partial charge in [0, 0.05) is 38.4 Å². The van der Waals surface area contributed by atoms with Gasteiger partial charge in [-0.15, -0.1) is 0 Å². The number of carbonyl (C=O) groups excluding carboxylic acids is 3. The molecule has 0 aliphatic rings. The van der Waals surface area contributed by atoms with E-state index in [9.17, 15) is 14.4 Å². The molecule has 0 fully saturated rings. The Morgan fingerprint density at radius 3 is 1.94 bits per heavy atom. The van der Waals surface area contributed by atoms with Crippen LogP contribution in [0.15, 0.2) is 0 Å². The third kappa shape index (κ3) is 8.55. The average molecular weight is 257 g/mol. The first-order chi connectivity index (χ1) is 8.23. The molecule has 0 heterocycles. The molecule has 0 saturated carbocycles. The molecule has 0 aliphatic heterocycles. The third-order valence-electron chi connectivity index (χ3n) is 2.14. The van der Waals surface area contributed by atoms with Crippen molar-refractivity contribution < 1.29 is 14.4 Å². The molecule has 18 heavy (non-hydrogen) atoms. The van der Waals surface area contributed by atoms with Gasteiger partial charge in [-0.25, -0.2) is 0 Å². The number of amides is 3. The first-order valence-corrected chi connectivity index (χ1v) is 6.03. The standard InChI is InChI=1S/C12H23N3O3/c1-9(16)13-7-8-14-10(17)5-6-15-11(18)12(2,3)4/h5-8H2,1-4H3,(H,13,16)(H,14,17)(H,15,18). The first-order valence-electron chi connectivity index (χ1n) is 6.03. The van der Waals surface area contributed by atoms with Crippen LogP contribution in [-0.2, 0) is 14.4 Å². The second-order valence-corrected chi connectivity index (χ2v) is 5.09. The second kappa shape index (κ2) is 7.68. The van der Waals surface area contributed by atoms with Crippen molar-refractivity contribution in [1.82, 2.24) is 16.0 Å². The van der Waals surface area contributed by atoms with Crippen molar-refractivity contribution in [1.29, 1.82) is 0 Å². The quantitative estimate of drug-likeness (QED) is 0.575. The molecule has 3 N–H and O–H groups in total. The topological polar surface area (TPSA) is 87.3 Å². The van der Waals surface area contributed by atoms with E-state index in [2.05, 4.69) is 16.0 Å². The third-order valence-corrected chi connectivity index (χ3v) is 2.14. The van der Waals surface area contributed by atoms with E-state index >= 15 is 0 Å². The van der Waals surface area contributed by atoms with Crippen LogP contribution in [0.2, 0.25) is 0 Å². The minimum absolute atomic E-state index is 0.0754. The predicted molar refractivity (Wildman–Crippen MR) is 68.8 cm³/mol. The maximum atomic E-state index is 11.5. The zero-order valence-electron chi connectivity index (χ0n) is 11.6. The highest BCUT2D eigenvalue weighted by atomic mass is 16.2. The Labute approximate surface area is 108 Å². The summed E-state index contributed by atoms with van der Waals surface area (Å²) in [5.74, 6) is -0.343. The minimum Gasteiger partial charge on any atom is -0.355 e. The molecule has 0 unspecified atom stereocenters. The van der Waals surface area contributed by atoms with Crippen molar-refractivity contribution in [2.45, 2.75) is 34.1 Å². The fraction of sp³-hybridized carbons (Fsp3) is 0.750. The molecule has 6 nitrogen and oxygen atoms in total. The lowest BCUT2D eigenvalue weighted by Gasteiger charge is -2.17. The summed E-state index contributed by atoms with van der Waals surface area (Å²) < 4.78 is 0. The monoisotopic (exact) mass is 257 g/mol. The van der Waals surface area contributed by atoms with Crippen LogP contribution in [-0.4, -0.2) is 37.4 Å². The van der Waals surface area contributed by atoms with E-state index in [1.54, 1.807) is 0 Å². The zero-order chi connectivity index (χ0) is 14.2. The number of rotatable bonds is 6. The summed E-state index contributed by atoms with van der Waals surface area (Å²) in [6, 6.07) is 0. The molecule has 6 heteroatoms. The lowest BCUT2D eigenvalue weighted by Crippen LogP contribution is -2.38. The van der Waals surface area contributed by atoms with Gasteiger partial charge in [-0.05, 0) is 0 Å². The van der Waals surface area contributed by atoms with E-state index in [1.807, 2.05) is 20.8 Å². The van der Waals surface area contributed by atoms with E-state index in [-0.39, 0.29) is 24.1 Å². The molecule has 0 aliphatic carbocycles. The van der Waals surface area contributed by atoms with Gasteiger partial charge in [0.2, 0.25) is 17.7 Å². The van der Waals surface area contributed by atoms with Crippen LogP contribution < -0.4 is 16.0 Å². The molecule has 0 spiro atoms. The highest BCUT2D eigenvalue weighted by molar-refractivity contribution is 5.82. The van der Waals surface area contributed by atoms with Gasteiger partial charge in [0.15, 0.2) is 0 Å². The van der Waals surface area contributed by atoms with E-state index in [4.69, 9.17) is 0 Å². The van der Waals surface area contributed by atoms with Crippen molar-refractivity contribution in [3.8, 4) is 0 Å². The fourth-order valence-corrected chi connectivity index (χ4v) is 1.08. The molecular weight excluding hydrogens is 234 g/mol. The van der Waals surface area contributed by atoms with Gasteiger partial charge in [0.25, 0.3) is 0 Å². The van der Waals surface area contributed by atoms with Gasteiger partial charge in [-0.1, -0.05) is 20.8 Å². The molecule has 0 rings (SSSR count). The summed E-state index contributed by atoms with van der Waals surface area (Å²) in [4.78, 5) is 33.4. The molecule has 0 aromatic rings. The van der Waals surface area contributed by atoms with E-state index < -0.39 is 5.41 Å². The van der Waals surface area contributed by atoms with Crippen molar-refractivity contribution in [2.75, 3.05) is 19.6 Å². The summed E-state index contributed by atoms with van der Waals surface area (Å²) in [5, 5.41) is 7.91. The van der Waals surface area contributed by atoms with Crippen LogP contribution in [0.25, 0.3) is 0 Å². The Morgan fingerprint density at radius 1 is 0.889 bits per heavy atom. The van der Waals surface area contributed by atoms with Gasteiger partial charge >= 0.3 is 0 Å². The summed E-state index contributed by atoms with van der Waals surface area (Å²) in [6.07, 6.45) is 0.238. The largest absolute Gasteiger partial charge is 0.355 e. The average Bonchev–Trinajstić information content (AvgIpc) is 2.22. The lowest BCUT2D eigenvalue weighted by molar-refractivity contribution is -0.128. The van der Waals surface area contributed by atoms with Crippen LogP contribution in [0.1, 0.15) is 34.1 Å². The van der Waals surface area contributed by atoms with E-state index in [1.165, 1.54) is 6.92 Å². The molecule has 0 saturated heterocycles. The normalized spacial score (nSPS) is 10.7. The highest BCUT2D eigenvalue weighted by Crippen LogP contribution is 2.11. The van der Waals surface area contributed by atoms with Crippen LogP contribution in [0.5, 0.6) is 0 Å². The molecule has 3 amide bonds. The Hall–Kier alpha value is -1.59. The number of nitrogens with one attached hydrogen (secondary N) is 3. The fourth-order valence-electron chi connectivity index (χ4n) is 1.08. The van der Waals surface area contributed by atoms with Gasteiger partial charge in [0.1, 0.15) is 0 Å². The van der Waals surface area contributed by atoms with Crippen LogP contribution in [0.4, 0.5) is 0 Å². The van der Waals surface area contributed by atoms with E-state index in [0.717, 1.165) is 0 Å². The molecule has 0 atom stereocenters. The predicted octanol–water partition coefficient (Wildman–Crippen LogP) is -0.209. The summed E-state index contributed by atoms with van der Waals surface area (Å²) in [7, 11) is 0. The number of hydrogen-bond acceptors (Lipinski definition) is 3. The van der Waals surface area contributed by atoms with Crippen LogP contribution in [0.3, 0.4) is 0 Å². The lowest BCUT2D eigenvalue weighted by atomic mass is 9.96. The maximum Gasteiger partial charge on any atom is 0.225 e. The molecule has 0 radical (unpaired) electrons. The second-order valence-electron chi connectivity index (χ2n) is 5.09. The van der Waals surface area contributed by atoms with Crippen molar-refractivity contribution >= 4 is 17.7 Å². The first kappa shape index (κ1) is 16.4. The Bertz CT molecular complexity index is 308. The highest BCUT2D eigenvalue weighted by Gasteiger charge is 2.20.